The number of Topliss-reactive ketones (excluding diaryl/α,β-unsaturated/α-hetero) is 2. The third kappa shape index (κ3) is 4.03. The first-order chi connectivity index (χ1) is 12.7. The number of hydrogen-bond acceptors (Lipinski definition) is 6. The van der Waals surface area contributed by atoms with E-state index in [4.69, 9.17) is 4.74 Å². The number of fused-ring (bicyclic) bond motifs is 1. The van der Waals surface area contributed by atoms with Crippen molar-refractivity contribution in [1.82, 2.24) is 15.5 Å². The molecule has 2 aliphatic rings. The van der Waals surface area contributed by atoms with E-state index in [0.29, 0.717) is 35.6 Å². The van der Waals surface area contributed by atoms with Crippen molar-refractivity contribution in [3.05, 3.63) is 59.4 Å². The average molecular weight is 355 g/mol. The van der Waals surface area contributed by atoms with Crippen LogP contribution in [0.15, 0.2) is 48.3 Å². The van der Waals surface area contributed by atoms with Crippen LogP contribution in [0.3, 0.4) is 0 Å². The minimum atomic E-state index is -0.155. The summed E-state index contributed by atoms with van der Waals surface area (Å²) < 4.78 is 5.35. The van der Waals surface area contributed by atoms with Crippen LogP contribution in [0.4, 0.5) is 0 Å². The van der Waals surface area contributed by atoms with Gasteiger partial charge in [0.1, 0.15) is 11.4 Å². The first kappa shape index (κ1) is 18.4. The fourth-order valence-corrected chi connectivity index (χ4v) is 3.23. The molecule has 1 aliphatic carbocycles. The molecule has 0 bridgehead atoms. The highest BCUT2D eigenvalue weighted by molar-refractivity contribution is 6.26. The average Bonchev–Trinajstić information content (AvgIpc) is 2.69. The maximum atomic E-state index is 12.9. The lowest BCUT2D eigenvalue weighted by molar-refractivity contribution is 0.0375. The van der Waals surface area contributed by atoms with Gasteiger partial charge in [0.25, 0.3) is 0 Å². The van der Waals surface area contributed by atoms with E-state index in [1.807, 2.05) is 0 Å². The van der Waals surface area contributed by atoms with E-state index >= 15 is 0 Å². The predicted octanol–water partition coefficient (Wildman–Crippen LogP) is 1.36. The van der Waals surface area contributed by atoms with Crippen molar-refractivity contribution < 1.29 is 14.3 Å². The number of ketones is 2. The molecular weight excluding hydrogens is 330 g/mol. The van der Waals surface area contributed by atoms with E-state index in [1.54, 1.807) is 30.3 Å². The number of carbonyl (C=O) groups is 2. The number of allylic oxidation sites excluding steroid dienone is 2. The summed E-state index contributed by atoms with van der Waals surface area (Å²) in [6, 6.07) is 6.95. The number of rotatable bonds is 8. The van der Waals surface area contributed by atoms with Crippen molar-refractivity contribution in [2.45, 2.75) is 6.42 Å². The van der Waals surface area contributed by atoms with E-state index in [2.05, 4.69) is 22.1 Å². The number of benzene rings is 1. The van der Waals surface area contributed by atoms with Gasteiger partial charge in [0.05, 0.1) is 13.2 Å². The van der Waals surface area contributed by atoms with Gasteiger partial charge in [0.15, 0.2) is 0 Å². The third-order valence-electron chi connectivity index (χ3n) is 4.60. The molecule has 138 valence electrons. The zero-order chi connectivity index (χ0) is 18.4. The Morgan fingerprint density at radius 1 is 1.04 bits per heavy atom. The molecule has 0 atom stereocenters. The Morgan fingerprint density at radius 3 is 2.27 bits per heavy atom. The van der Waals surface area contributed by atoms with Crippen molar-refractivity contribution >= 4 is 11.6 Å². The van der Waals surface area contributed by atoms with Crippen LogP contribution >= 0.6 is 0 Å². The summed E-state index contributed by atoms with van der Waals surface area (Å²) in [6.07, 6.45) is 2.56. The molecule has 0 aromatic heterocycles. The first-order valence-corrected chi connectivity index (χ1v) is 9.04. The standard InChI is InChI=1S/C20H25N3O3/c1-2-8-21-17-18(22-9-5-10-23-11-13-26-14-12-23)20(25)16-7-4-3-6-15(16)19(17)24/h2-4,6-7,21-22H,1,5,8-14H2. The van der Waals surface area contributed by atoms with Gasteiger partial charge in [-0.3, -0.25) is 14.5 Å². The maximum Gasteiger partial charge on any atom is 0.211 e. The van der Waals surface area contributed by atoms with Crippen LogP contribution < -0.4 is 10.6 Å². The zero-order valence-electron chi connectivity index (χ0n) is 14.9. The van der Waals surface area contributed by atoms with Gasteiger partial charge in [-0.2, -0.15) is 0 Å². The van der Waals surface area contributed by atoms with Gasteiger partial charge in [0.2, 0.25) is 11.6 Å². The monoisotopic (exact) mass is 355 g/mol. The molecule has 1 fully saturated rings. The topological polar surface area (TPSA) is 70.7 Å². The molecule has 1 heterocycles. The molecule has 0 amide bonds. The Kier molecular flexibility index (Phi) is 6.20. The van der Waals surface area contributed by atoms with Crippen LogP contribution in [-0.2, 0) is 4.74 Å². The Balaban J connectivity index is 1.69. The molecule has 1 aromatic rings. The fourth-order valence-electron chi connectivity index (χ4n) is 3.23. The molecule has 2 N–H and O–H groups in total. The summed E-state index contributed by atoms with van der Waals surface area (Å²) in [5.41, 5.74) is 1.60. The Hall–Kier alpha value is -2.44. The van der Waals surface area contributed by atoms with Crippen LogP contribution in [-0.4, -0.2) is 62.4 Å². The second-order valence-corrected chi connectivity index (χ2v) is 6.36. The van der Waals surface area contributed by atoms with E-state index < -0.39 is 0 Å². The third-order valence-corrected chi connectivity index (χ3v) is 4.60. The second kappa shape index (κ2) is 8.78. The summed E-state index contributed by atoms with van der Waals surface area (Å²) in [4.78, 5) is 28.0. The van der Waals surface area contributed by atoms with Crippen molar-refractivity contribution in [3.8, 4) is 0 Å². The van der Waals surface area contributed by atoms with E-state index in [0.717, 1.165) is 39.3 Å². The number of hydrogen-bond donors (Lipinski definition) is 2. The van der Waals surface area contributed by atoms with Crippen molar-refractivity contribution in [2.75, 3.05) is 45.9 Å². The number of morpholine rings is 1. The Bertz CT molecular complexity index is 721. The van der Waals surface area contributed by atoms with Crippen molar-refractivity contribution in [3.63, 3.8) is 0 Å². The number of carbonyl (C=O) groups excluding carboxylic acids is 2. The van der Waals surface area contributed by atoms with Crippen LogP contribution in [0.2, 0.25) is 0 Å². The van der Waals surface area contributed by atoms with Gasteiger partial charge >= 0.3 is 0 Å². The molecule has 26 heavy (non-hydrogen) atoms. The molecular formula is C20H25N3O3. The van der Waals surface area contributed by atoms with Gasteiger partial charge < -0.3 is 15.4 Å². The lowest BCUT2D eigenvalue weighted by atomic mass is 9.90. The summed E-state index contributed by atoms with van der Waals surface area (Å²) >= 11 is 0. The van der Waals surface area contributed by atoms with Gasteiger partial charge in [-0.25, -0.2) is 0 Å². The molecule has 0 radical (unpaired) electrons. The van der Waals surface area contributed by atoms with Gasteiger partial charge in [-0.1, -0.05) is 30.3 Å². The zero-order valence-corrected chi connectivity index (χ0v) is 14.9. The predicted molar refractivity (Wildman–Crippen MR) is 100 cm³/mol. The molecule has 0 unspecified atom stereocenters. The van der Waals surface area contributed by atoms with Gasteiger partial charge in [-0.15, -0.1) is 6.58 Å². The molecule has 1 saturated heterocycles. The SMILES string of the molecule is C=CCNC1=C(NCCCN2CCOCC2)C(=O)c2ccccc2C1=O. The fraction of sp³-hybridized carbons (Fsp3) is 0.400. The first-order valence-electron chi connectivity index (χ1n) is 9.04. The number of ether oxygens (including phenoxy) is 1. The molecule has 1 aromatic carbocycles. The molecule has 6 nitrogen and oxygen atoms in total. The molecule has 1 aliphatic heterocycles. The van der Waals surface area contributed by atoms with E-state index in [9.17, 15) is 9.59 Å². The second-order valence-electron chi connectivity index (χ2n) is 6.36. The van der Waals surface area contributed by atoms with Gasteiger partial charge in [-0.05, 0) is 13.0 Å². The smallest absolute Gasteiger partial charge is 0.211 e. The summed E-state index contributed by atoms with van der Waals surface area (Å²) in [6.45, 7) is 9.11. The van der Waals surface area contributed by atoms with E-state index in [-0.39, 0.29) is 11.6 Å². The molecule has 6 heteroatoms. The highest BCUT2D eigenvalue weighted by atomic mass is 16.5. The van der Waals surface area contributed by atoms with Crippen LogP contribution in [0, 0.1) is 0 Å². The van der Waals surface area contributed by atoms with Crippen LogP contribution in [0.25, 0.3) is 0 Å². The maximum absolute atomic E-state index is 12.9. The Labute approximate surface area is 153 Å². The van der Waals surface area contributed by atoms with E-state index in [1.165, 1.54) is 0 Å². The minimum Gasteiger partial charge on any atom is -0.380 e. The highest BCUT2D eigenvalue weighted by Gasteiger charge is 2.31. The number of nitrogens with zero attached hydrogens (tertiary/aromatic N) is 1. The molecule has 3 rings (SSSR count). The summed E-state index contributed by atoms with van der Waals surface area (Å²) in [5, 5.41) is 6.23. The quantitative estimate of drug-likeness (QED) is 0.542. The summed E-state index contributed by atoms with van der Waals surface area (Å²) in [5.74, 6) is -0.295. The highest BCUT2D eigenvalue weighted by Crippen LogP contribution is 2.23. The molecule has 0 saturated carbocycles. The van der Waals surface area contributed by atoms with Crippen molar-refractivity contribution in [1.29, 1.82) is 0 Å². The van der Waals surface area contributed by atoms with Crippen LogP contribution in [0.1, 0.15) is 27.1 Å². The minimum absolute atomic E-state index is 0.141. The van der Waals surface area contributed by atoms with Crippen LogP contribution in [0.5, 0.6) is 0 Å². The largest absolute Gasteiger partial charge is 0.380 e. The number of nitrogens with one attached hydrogen (secondary N) is 2. The van der Waals surface area contributed by atoms with Crippen molar-refractivity contribution in [2.24, 2.45) is 0 Å². The lowest BCUT2D eigenvalue weighted by Gasteiger charge is -2.27. The summed E-state index contributed by atoms with van der Waals surface area (Å²) in [7, 11) is 0. The normalized spacial score (nSPS) is 17.8. The van der Waals surface area contributed by atoms with Gasteiger partial charge in [0, 0.05) is 37.3 Å². The molecule has 0 spiro atoms. The Morgan fingerprint density at radius 2 is 1.65 bits per heavy atom. The lowest BCUT2D eigenvalue weighted by Crippen LogP contribution is -2.39.